The third-order valence-electron chi connectivity index (χ3n) is 3.91. The summed E-state index contributed by atoms with van der Waals surface area (Å²) in [6.07, 6.45) is 11.0. The summed E-state index contributed by atoms with van der Waals surface area (Å²) >= 11 is 0. The summed E-state index contributed by atoms with van der Waals surface area (Å²) in [7, 11) is 0. The third-order valence-corrected chi connectivity index (χ3v) is 3.91. The summed E-state index contributed by atoms with van der Waals surface area (Å²) < 4.78 is 0. The van der Waals surface area contributed by atoms with Gasteiger partial charge >= 0.3 is 0 Å². The van der Waals surface area contributed by atoms with Crippen molar-refractivity contribution in [1.82, 2.24) is 10.6 Å². The van der Waals surface area contributed by atoms with Crippen LogP contribution in [0.15, 0.2) is 54.1 Å². The molecular weight excluding hydrogens is 296 g/mol. The Hall–Kier alpha value is -1.87. The minimum atomic E-state index is 0.138. The predicted molar refractivity (Wildman–Crippen MR) is 103 cm³/mol. The SMILES string of the molecule is C/C=C\C(=C/C)CCCNC(=O)CCNCCCc1ccccc1. The number of carbonyl (C=O) groups is 1. The van der Waals surface area contributed by atoms with Gasteiger partial charge in [-0.25, -0.2) is 0 Å². The standard InChI is InChI=1S/C21H32N2O/c1-3-10-19(4-2)13-9-17-23-21(24)15-18-22-16-8-14-20-11-6-5-7-12-20/h3-7,10-12,22H,8-9,13-18H2,1-2H3,(H,23,24)/b10-3-,19-4+. The first kappa shape index (κ1) is 20.2. The zero-order valence-electron chi connectivity index (χ0n) is 15.2. The summed E-state index contributed by atoms with van der Waals surface area (Å²) in [4.78, 5) is 11.8. The molecule has 0 aliphatic carbocycles. The molecule has 3 heteroatoms. The molecule has 0 heterocycles. The molecular formula is C21H32N2O. The average Bonchev–Trinajstić information content (AvgIpc) is 2.61. The van der Waals surface area contributed by atoms with Gasteiger partial charge in [0.15, 0.2) is 0 Å². The molecule has 0 aliphatic heterocycles. The number of hydrogen-bond acceptors (Lipinski definition) is 2. The van der Waals surface area contributed by atoms with Crippen molar-refractivity contribution in [3.05, 3.63) is 59.7 Å². The van der Waals surface area contributed by atoms with E-state index in [1.165, 1.54) is 11.1 Å². The molecule has 0 saturated heterocycles. The number of benzene rings is 1. The van der Waals surface area contributed by atoms with Crippen LogP contribution < -0.4 is 10.6 Å². The molecule has 0 aromatic heterocycles. The number of carbonyl (C=O) groups excluding carboxylic acids is 1. The monoisotopic (exact) mass is 328 g/mol. The second-order valence-electron chi connectivity index (χ2n) is 5.91. The van der Waals surface area contributed by atoms with Gasteiger partial charge in [-0.3, -0.25) is 4.79 Å². The van der Waals surface area contributed by atoms with Crippen molar-refractivity contribution in [2.45, 2.75) is 46.0 Å². The van der Waals surface area contributed by atoms with E-state index in [2.05, 4.69) is 60.1 Å². The molecule has 24 heavy (non-hydrogen) atoms. The maximum atomic E-state index is 11.8. The summed E-state index contributed by atoms with van der Waals surface area (Å²) in [5.41, 5.74) is 2.70. The molecule has 0 atom stereocenters. The van der Waals surface area contributed by atoms with Crippen molar-refractivity contribution in [1.29, 1.82) is 0 Å². The van der Waals surface area contributed by atoms with E-state index >= 15 is 0 Å². The van der Waals surface area contributed by atoms with Gasteiger partial charge in [0.1, 0.15) is 0 Å². The summed E-state index contributed by atoms with van der Waals surface area (Å²) in [5, 5.41) is 6.33. The van der Waals surface area contributed by atoms with Crippen LogP contribution in [0, 0.1) is 0 Å². The lowest BCUT2D eigenvalue weighted by Gasteiger charge is -2.07. The smallest absolute Gasteiger partial charge is 0.221 e. The molecule has 0 aliphatic rings. The normalized spacial score (nSPS) is 11.8. The molecule has 0 fully saturated rings. The molecule has 0 radical (unpaired) electrons. The van der Waals surface area contributed by atoms with Crippen molar-refractivity contribution in [3.63, 3.8) is 0 Å². The Morgan fingerprint density at radius 2 is 1.79 bits per heavy atom. The van der Waals surface area contributed by atoms with Crippen molar-refractivity contribution in [3.8, 4) is 0 Å². The largest absolute Gasteiger partial charge is 0.356 e. The summed E-state index contributed by atoms with van der Waals surface area (Å²) in [6, 6.07) is 10.5. The first-order valence-corrected chi connectivity index (χ1v) is 9.05. The van der Waals surface area contributed by atoms with E-state index in [-0.39, 0.29) is 5.91 Å². The number of rotatable bonds is 12. The highest BCUT2D eigenvalue weighted by Crippen LogP contribution is 2.05. The number of hydrogen-bond donors (Lipinski definition) is 2. The van der Waals surface area contributed by atoms with Gasteiger partial charge in [0, 0.05) is 19.5 Å². The first-order chi connectivity index (χ1) is 11.8. The van der Waals surface area contributed by atoms with Crippen molar-refractivity contribution < 1.29 is 4.79 Å². The molecule has 0 unspecified atom stereocenters. The fourth-order valence-corrected chi connectivity index (χ4v) is 2.54. The molecule has 1 rings (SSSR count). The molecule has 2 N–H and O–H groups in total. The van der Waals surface area contributed by atoms with Crippen LogP contribution in [-0.2, 0) is 11.2 Å². The van der Waals surface area contributed by atoms with E-state index in [1.54, 1.807) is 0 Å². The van der Waals surface area contributed by atoms with Crippen LogP contribution in [-0.4, -0.2) is 25.5 Å². The maximum Gasteiger partial charge on any atom is 0.221 e. The van der Waals surface area contributed by atoms with Gasteiger partial charge in [-0.15, -0.1) is 0 Å². The molecule has 132 valence electrons. The van der Waals surface area contributed by atoms with Gasteiger partial charge in [0.05, 0.1) is 0 Å². The van der Waals surface area contributed by atoms with Crippen LogP contribution >= 0.6 is 0 Å². The minimum absolute atomic E-state index is 0.138. The molecule has 1 aromatic carbocycles. The fraction of sp³-hybridized carbons (Fsp3) is 0.476. The van der Waals surface area contributed by atoms with Crippen LogP contribution in [0.1, 0.15) is 45.1 Å². The molecule has 0 saturated carbocycles. The molecule has 0 bridgehead atoms. The summed E-state index contributed by atoms with van der Waals surface area (Å²) in [6.45, 7) is 6.53. The Balaban J connectivity index is 1.96. The quantitative estimate of drug-likeness (QED) is 0.449. The predicted octanol–water partition coefficient (Wildman–Crippen LogP) is 4.02. The second-order valence-corrected chi connectivity index (χ2v) is 5.91. The van der Waals surface area contributed by atoms with E-state index in [4.69, 9.17) is 0 Å². The number of aryl methyl sites for hydroxylation is 1. The van der Waals surface area contributed by atoms with E-state index in [9.17, 15) is 4.79 Å². The average molecular weight is 328 g/mol. The maximum absolute atomic E-state index is 11.8. The Kier molecular flexibility index (Phi) is 11.4. The molecule has 3 nitrogen and oxygen atoms in total. The molecule has 0 spiro atoms. The fourth-order valence-electron chi connectivity index (χ4n) is 2.54. The van der Waals surface area contributed by atoms with E-state index in [0.29, 0.717) is 6.42 Å². The Bertz CT molecular complexity index is 506. The highest BCUT2D eigenvalue weighted by Gasteiger charge is 2.00. The van der Waals surface area contributed by atoms with Crippen molar-refractivity contribution >= 4 is 5.91 Å². The Labute approximate surface area is 147 Å². The number of amides is 1. The van der Waals surface area contributed by atoms with Crippen LogP contribution in [0.5, 0.6) is 0 Å². The lowest BCUT2D eigenvalue weighted by atomic mass is 10.1. The van der Waals surface area contributed by atoms with E-state index in [1.807, 2.05) is 13.0 Å². The zero-order chi connectivity index (χ0) is 17.5. The lowest BCUT2D eigenvalue weighted by Crippen LogP contribution is -2.28. The van der Waals surface area contributed by atoms with Gasteiger partial charge in [0.25, 0.3) is 0 Å². The van der Waals surface area contributed by atoms with Crippen LogP contribution in [0.2, 0.25) is 0 Å². The number of allylic oxidation sites excluding steroid dienone is 4. The van der Waals surface area contributed by atoms with Crippen molar-refractivity contribution in [2.75, 3.05) is 19.6 Å². The zero-order valence-corrected chi connectivity index (χ0v) is 15.2. The number of nitrogens with one attached hydrogen (secondary N) is 2. The van der Waals surface area contributed by atoms with Gasteiger partial charge in [-0.1, -0.05) is 54.1 Å². The van der Waals surface area contributed by atoms with E-state index in [0.717, 1.165) is 45.3 Å². The Morgan fingerprint density at radius 1 is 1.00 bits per heavy atom. The van der Waals surface area contributed by atoms with Crippen LogP contribution in [0.25, 0.3) is 0 Å². The minimum Gasteiger partial charge on any atom is -0.356 e. The lowest BCUT2D eigenvalue weighted by molar-refractivity contribution is -0.120. The van der Waals surface area contributed by atoms with Gasteiger partial charge in [0.2, 0.25) is 5.91 Å². The molecule has 1 amide bonds. The van der Waals surface area contributed by atoms with Gasteiger partial charge in [-0.05, 0) is 51.6 Å². The van der Waals surface area contributed by atoms with Gasteiger partial charge < -0.3 is 10.6 Å². The van der Waals surface area contributed by atoms with Crippen LogP contribution in [0.4, 0.5) is 0 Å². The van der Waals surface area contributed by atoms with Gasteiger partial charge in [-0.2, -0.15) is 0 Å². The summed E-state index contributed by atoms with van der Waals surface area (Å²) in [5.74, 6) is 0.138. The third kappa shape index (κ3) is 10.0. The van der Waals surface area contributed by atoms with E-state index < -0.39 is 0 Å². The highest BCUT2D eigenvalue weighted by molar-refractivity contribution is 5.75. The molecule has 1 aromatic rings. The topological polar surface area (TPSA) is 41.1 Å². The van der Waals surface area contributed by atoms with Crippen LogP contribution in [0.3, 0.4) is 0 Å². The second kappa shape index (κ2) is 13.6. The first-order valence-electron chi connectivity index (χ1n) is 9.05. The Morgan fingerprint density at radius 3 is 2.50 bits per heavy atom. The highest BCUT2D eigenvalue weighted by atomic mass is 16.1. The van der Waals surface area contributed by atoms with Crippen molar-refractivity contribution in [2.24, 2.45) is 0 Å².